The quantitative estimate of drug-likeness (QED) is 0.0303. The molecule has 3 aliphatic heterocycles. The number of amides is 3. The van der Waals surface area contributed by atoms with E-state index in [0.29, 0.717) is 39.8 Å². The zero-order valence-electron chi connectivity index (χ0n) is 37.8. The average Bonchev–Trinajstić information content (AvgIpc) is 3.29. The van der Waals surface area contributed by atoms with E-state index in [9.17, 15) is 14.2 Å². The van der Waals surface area contributed by atoms with Gasteiger partial charge in [-0.2, -0.15) is 4.98 Å². The summed E-state index contributed by atoms with van der Waals surface area (Å²) in [5.74, 6) is 1.29. The third-order valence-electron chi connectivity index (χ3n) is 12.6. The molecular weight excluding hydrogens is 849 g/mol. The largest absolute Gasteiger partial charge is 0.494 e. The van der Waals surface area contributed by atoms with Gasteiger partial charge >= 0.3 is 6.03 Å². The van der Waals surface area contributed by atoms with Crippen LogP contribution >= 0.6 is 18.7 Å². The van der Waals surface area contributed by atoms with E-state index in [4.69, 9.17) is 26.7 Å². The Balaban J connectivity index is 0.865. The highest BCUT2D eigenvalue weighted by molar-refractivity contribution is 7.70. The maximum atomic E-state index is 13.0. The van der Waals surface area contributed by atoms with Crippen LogP contribution in [0.5, 0.6) is 5.75 Å². The average molecular weight is 913 g/mol. The molecule has 4 heterocycles. The molecule has 3 aromatic carbocycles. The molecule has 0 atom stereocenters. The summed E-state index contributed by atoms with van der Waals surface area (Å²) in [7, 11) is 0.943. The first-order valence-corrected chi connectivity index (χ1v) is 25.5. The SMILES string of the molecule is CCc1cc(Nc2ncc(Cl)c(Nc3ccccc3P(C)(C)=O)n2)c(OC)cc1N1CCC(N2CCN(CCCCCc3ccc(NC)c(C(=N)N4CCC(=O)NC4=O)c3)CC2)CC1. The molecule has 0 spiro atoms. The number of carbonyl (C=O) groups is 2. The molecule has 0 unspecified atom stereocenters. The number of hydrogen-bond acceptors (Lipinski definition) is 13. The van der Waals surface area contributed by atoms with Gasteiger partial charge in [0.1, 0.15) is 23.7 Å². The number of rotatable bonds is 17. The summed E-state index contributed by atoms with van der Waals surface area (Å²) in [4.78, 5) is 42.3. The van der Waals surface area contributed by atoms with Gasteiger partial charge in [-0.3, -0.25) is 25.3 Å². The summed E-state index contributed by atoms with van der Waals surface area (Å²) in [6, 6.07) is 17.9. The van der Waals surface area contributed by atoms with E-state index in [1.54, 1.807) is 26.6 Å². The van der Waals surface area contributed by atoms with Crippen LogP contribution in [0.3, 0.4) is 0 Å². The van der Waals surface area contributed by atoms with E-state index in [0.717, 1.165) is 113 Å². The predicted octanol–water partition coefficient (Wildman–Crippen LogP) is 7.74. The summed E-state index contributed by atoms with van der Waals surface area (Å²) in [6.07, 6.45) is 9.10. The van der Waals surface area contributed by atoms with Crippen molar-refractivity contribution >= 4 is 76.3 Å². The maximum absolute atomic E-state index is 13.0. The molecule has 17 heteroatoms. The van der Waals surface area contributed by atoms with E-state index in [-0.39, 0.29) is 24.7 Å². The number of piperazine rings is 1. The minimum Gasteiger partial charge on any atom is -0.494 e. The Morgan fingerprint density at radius 2 is 1.70 bits per heavy atom. The summed E-state index contributed by atoms with van der Waals surface area (Å²) in [6.45, 7) is 13.4. The van der Waals surface area contributed by atoms with Crippen molar-refractivity contribution in [3.63, 3.8) is 0 Å². The van der Waals surface area contributed by atoms with Crippen molar-refractivity contribution in [3.05, 3.63) is 82.5 Å². The number of carbonyl (C=O) groups excluding carboxylic acids is 2. The molecule has 4 aromatic rings. The number of ether oxygens (including phenoxy) is 1. The number of aromatic nitrogens is 2. The van der Waals surface area contributed by atoms with Crippen molar-refractivity contribution in [2.24, 2.45) is 0 Å². The van der Waals surface area contributed by atoms with Crippen LogP contribution in [0.15, 0.2) is 60.8 Å². The van der Waals surface area contributed by atoms with Gasteiger partial charge in [0.2, 0.25) is 11.9 Å². The van der Waals surface area contributed by atoms with E-state index in [1.165, 1.54) is 16.2 Å². The lowest BCUT2D eigenvalue weighted by molar-refractivity contribution is -0.121. The number of amidine groups is 1. The van der Waals surface area contributed by atoms with Crippen LogP contribution in [0.4, 0.5) is 39.3 Å². The summed E-state index contributed by atoms with van der Waals surface area (Å²) in [5, 5.41) is 21.9. The van der Waals surface area contributed by atoms with Crippen molar-refractivity contribution in [1.82, 2.24) is 30.0 Å². The number of methoxy groups -OCH3 is 1. The second-order valence-corrected chi connectivity index (χ2v) is 20.8. The minimum atomic E-state index is -2.55. The molecule has 0 aliphatic carbocycles. The van der Waals surface area contributed by atoms with E-state index in [2.05, 4.69) is 66.1 Å². The lowest BCUT2D eigenvalue weighted by Crippen LogP contribution is -2.53. The highest BCUT2D eigenvalue weighted by Gasteiger charge is 2.30. The summed E-state index contributed by atoms with van der Waals surface area (Å²) in [5.41, 5.74) is 6.49. The summed E-state index contributed by atoms with van der Waals surface area (Å²) < 4.78 is 18.9. The molecule has 0 bridgehead atoms. The topological polar surface area (TPSA) is 171 Å². The van der Waals surface area contributed by atoms with Gasteiger partial charge in [0.25, 0.3) is 0 Å². The van der Waals surface area contributed by atoms with E-state index < -0.39 is 13.2 Å². The Morgan fingerprint density at radius 3 is 2.41 bits per heavy atom. The number of piperidine rings is 1. The fourth-order valence-electron chi connectivity index (χ4n) is 9.02. The molecule has 0 radical (unpaired) electrons. The Labute approximate surface area is 382 Å². The minimum absolute atomic E-state index is 0.106. The van der Waals surface area contributed by atoms with Gasteiger partial charge in [-0.25, -0.2) is 9.78 Å². The Bertz CT molecular complexity index is 2360. The summed E-state index contributed by atoms with van der Waals surface area (Å²) >= 11 is 6.54. The zero-order chi connectivity index (χ0) is 45.4. The van der Waals surface area contributed by atoms with Gasteiger partial charge in [0, 0.05) is 93.6 Å². The smallest absolute Gasteiger partial charge is 0.329 e. The number of benzene rings is 3. The fourth-order valence-corrected chi connectivity index (χ4v) is 10.3. The van der Waals surface area contributed by atoms with Gasteiger partial charge in [0.05, 0.1) is 24.7 Å². The van der Waals surface area contributed by atoms with Crippen LogP contribution in [0.25, 0.3) is 0 Å². The first-order valence-electron chi connectivity index (χ1n) is 22.5. The highest BCUT2D eigenvalue weighted by atomic mass is 35.5. The molecule has 15 nitrogen and oxygen atoms in total. The van der Waals surface area contributed by atoms with Gasteiger partial charge < -0.3 is 35.1 Å². The molecule has 0 saturated carbocycles. The highest BCUT2D eigenvalue weighted by Crippen LogP contribution is 2.40. The first kappa shape index (κ1) is 46.8. The van der Waals surface area contributed by atoms with Crippen LogP contribution < -0.4 is 36.2 Å². The number of para-hydroxylation sites is 1. The molecule has 342 valence electrons. The molecule has 5 N–H and O–H groups in total. The third-order valence-corrected chi connectivity index (χ3v) is 14.4. The Kier molecular flexibility index (Phi) is 15.5. The van der Waals surface area contributed by atoms with Crippen molar-refractivity contribution in [3.8, 4) is 5.75 Å². The van der Waals surface area contributed by atoms with Crippen LogP contribution in [0.2, 0.25) is 5.02 Å². The second kappa shape index (κ2) is 21.2. The lowest BCUT2D eigenvalue weighted by atomic mass is 9.99. The number of unbranched alkanes of at least 4 members (excludes halogenated alkanes) is 2. The van der Waals surface area contributed by atoms with Gasteiger partial charge in [0.15, 0.2) is 5.82 Å². The fraction of sp³-hybridized carbons (Fsp3) is 0.468. The Morgan fingerprint density at radius 1 is 0.938 bits per heavy atom. The molecule has 3 saturated heterocycles. The van der Waals surface area contributed by atoms with Gasteiger partial charge in [-0.1, -0.05) is 43.1 Å². The molecule has 3 aliphatic rings. The second-order valence-electron chi connectivity index (χ2n) is 17.2. The number of nitrogens with one attached hydrogen (secondary N) is 5. The monoisotopic (exact) mass is 911 g/mol. The molecule has 3 amide bonds. The molecule has 7 rings (SSSR count). The number of imide groups is 1. The van der Waals surface area contributed by atoms with Crippen molar-refractivity contribution in [2.45, 2.75) is 64.3 Å². The van der Waals surface area contributed by atoms with Crippen LogP contribution in [0.1, 0.15) is 62.1 Å². The number of anilines is 6. The molecule has 1 aromatic heterocycles. The number of urea groups is 1. The number of halogens is 1. The lowest BCUT2D eigenvalue weighted by Gasteiger charge is -2.43. The Hall–Kier alpha value is -5.21. The van der Waals surface area contributed by atoms with Crippen molar-refractivity contribution in [1.29, 1.82) is 5.41 Å². The molecule has 3 fully saturated rings. The third kappa shape index (κ3) is 11.4. The van der Waals surface area contributed by atoms with Crippen LogP contribution in [0, 0.1) is 5.41 Å². The van der Waals surface area contributed by atoms with Crippen molar-refractivity contribution < 1.29 is 18.9 Å². The number of nitrogens with zero attached hydrogens (tertiary/aromatic N) is 6. The van der Waals surface area contributed by atoms with E-state index in [1.807, 2.05) is 43.4 Å². The molecular formula is C47H63ClN11O4P. The van der Waals surface area contributed by atoms with Gasteiger partial charge in [-0.15, -0.1) is 0 Å². The van der Waals surface area contributed by atoms with Crippen LogP contribution in [-0.2, 0) is 22.2 Å². The predicted molar refractivity (Wildman–Crippen MR) is 260 cm³/mol. The van der Waals surface area contributed by atoms with E-state index >= 15 is 0 Å². The number of hydrogen-bond donors (Lipinski definition) is 5. The van der Waals surface area contributed by atoms with Gasteiger partial charge in [-0.05, 0) is 99.9 Å². The standard InChI is InChI=1S/C47H63ClN11O4P/c1-6-33-29-39(53-46-51-31-36(48)45(55-46)52-38-13-9-10-14-42(38)64(4,5)62)41(63-3)30-40(33)58-21-17-34(18-22-58)57-26-24-56(25-27-57)20-11-7-8-12-32-15-16-37(50-2)35(28-32)44(49)59-23-19-43(60)54-47(59)61/h9-10,13-16,28-31,34,49-50H,6-8,11-12,17-27H2,1-5H3,(H,54,60,61)(H2,51,52,53,55). The normalized spacial score (nSPS) is 16.7. The maximum Gasteiger partial charge on any atom is 0.329 e. The number of aryl methyl sites for hydroxylation is 2. The van der Waals surface area contributed by atoms with Crippen molar-refractivity contribution in [2.75, 3.05) is 101 Å². The zero-order valence-corrected chi connectivity index (χ0v) is 39.5. The molecule has 64 heavy (non-hydrogen) atoms. The first-order chi connectivity index (χ1) is 30.8. The van der Waals surface area contributed by atoms with Crippen LogP contribution in [-0.4, -0.2) is 128 Å².